The molecule has 7 heteroatoms. The average molecular weight is 479 g/mol. The number of rotatable bonds is 8. The summed E-state index contributed by atoms with van der Waals surface area (Å²) in [5.74, 6) is -0.297. The first-order valence-corrected chi connectivity index (χ1v) is 13.1. The van der Waals surface area contributed by atoms with Crippen molar-refractivity contribution < 1.29 is 18.3 Å². The van der Waals surface area contributed by atoms with E-state index in [1.807, 2.05) is 54.6 Å². The summed E-state index contributed by atoms with van der Waals surface area (Å²) in [5.41, 5.74) is 3.02. The van der Waals surface area contributed by atoms with Gasteiger partial charge in [0.15, 0.2) is 0 Å². The molecular formula is C27H30N2O4S. The topological polar surface area (TPSA) is 86.7 Å². The lowest BCUT2D eigenvalue weighted by Crippen LogP contribution is -2.35. The predicted octanol–water partition coefficient (Wildman–Crippen LogP) is 4.78. The first-order valence-electron chi connectivity index (χ1n) is 11.7. The first kappa shape index (κ1) is 24.1. The summed E-state index contributed by atoms with van der Waals surface area (Å²) in [7, 11) is -3.51. The second-order valence-corrected chi connectivity index (χ2v) is 10.5. The number of nitrogens with zero attached hydrogens (tertiary/aromatic N) is 1. The highest BCUT2D eigenvalue weighted by molar-refractivity contribution is 7.89. The van der Waals surface area contributed by atoms with Crippen LogP contribution in [0.15, 0.2) is 83.8 Å². The molecule has 1 aliphatic rings. The molecule has 0 saturated carbocycles. The molecule has 1 amide bonds. The van der Waals surface area contributed by atoms with E-state index in [1.165, 1.54) is 16.4 Å². The lowest BCUT2D eigenvalue weighted by atomic mass is 10.0. The number of piperidine rings is 1. The van der Waals surface area contributed by atoms with Gasteiger partial charge in [-0.25, -0.2) is 8.42 Å². The van der Waals surface area contributed by atoms with Crippen molar-refractivity contribution in [3.63, 3.8) is 0 Å². The zero-order chi connectivity index (χ0) is 24.0. The third kappa shape index (κ3) is 5.91. The summed E-state index contributed by atoms with van der Waals surface area (Å²) in [5, 5.41) is 13.2. The van der Waals surface area contributed by atoms with Crippen molar-refractivity contribution in [1.29, 1.82) is 0 Å². The molecule has 1 saturated heterocycles. The number of aliphatic hydroxyl groups is 1. The Morgan fingerprint density at radius 1 is 0.882 bits per heavy atom. The monoisotopic (exact) mass is 478 g/mol. The van der Waals surface area contributed by atoms with Gasteiger partial charge in [0.25, 0.3) is 5.91 Å². The molecule has 0 radical (unpaired) electrons. The summed E-state index contributed by atoms with van der Waals surface area (Å²) in [4.78, 5) is 12.8. The third-order valence-corrected chi connectivity index (χ3v) is 8.08. The van der Waals surface area contributed by atoms with Crippen LogP contribution >= 0.6 is 0 Å². The number of benzene rings is 3. The summed E-state index contributed by atoms with van der Waals surface area (Å²) in [6, 6.07) is 23.2. The number of aliphatic hydroxyl groups excluding tert-OH is 1. The maximum Gasteiger partial charge on any atom is 0.255 e. The fraction of sp³-hybridized carbons (Fsp3) is 0.296. The van der Waals surface area contributed by atoms with Crippen molar-refractivity contribution >= 4 is 21.6 Å². The fourth-order valence-corrected chi connectivity index (χ4v) is 5.65. The number of nitrogens with one attached hydrogen (secondary N) is 1. The molecule has 0 aliphatic carbocycles. The molecule has 1 fully saturated rings. The van der Waals surface area contributed by atoms with E-state index < -0.39 is 16.1 Å². The van der Waals surface area contributed by atoms with Crippen LogP contribution < -0.4 is 5.32 Å². The van der Waals surface area contributed by atoms with Crippen molar-refractivity contribution in [2.75, 3.05) is 18.4 Å². The minimum Gasteiger partial charge on any atom is -0.388 e. The van der Waals surface area contributed by atoms with Crippen LogP contribution in [0.4, 0.5) is 5.69 Å². The van der Waals surface area contributed by atoms with Crippen LogP contribution in [0.1, 0.15) is 53.3 Å². The van der Waals surface area contributed by atoms with E-state index in [0.717, 1.165) is 36.8 Å². The summed E-state index contributed by atoms with van der Waals surface area (Å²) in [6.45, 7) is 1.09. The van der Waals surface area contributed by atoms with E-state index >= 15 is 0 Å². The molecule has 0 aromatic heterocycles. The minimum atomic E-state index is -3.51. The number of sulfonamides is 1. The Hall–Kier alpha value is -3.00. The Labute approximate surface area is 201 Å². The number of hydrogen-bond acceptors (Lipinski definition) is 4. The molecule has 3 aromatic rings. The highest BCUT2D eigenvalue weighted by Gasteiger charge is 2.25. The number of carbonyl (C=O) groups is 1. The molecule has 1 aliphatic heterocycles. The second kappa shape index (κ2) is 11.0. The molecule has 178 valence electrons. The molecule has 3 aromatic carbocycles. The van der Waals surface area contributed by atoms with E-state index in [9.17, 15) is 18.3 Å². The first-order chi connectivity index (χ1) is 16.4. The summed E-state index contributed by atoms with van der Waals surface area (Å²) >= 11 is 0. The quantitative estimate of drug-likeness (QED) is 0.488. The maximum absolute atomic E-state index is 12.8. The van der Waals surface area contributed by atoms with Crippen LogP contribution in [0.3, 0.4) is 0 Å². The van der Waals surface area contributed by atoms with E-state index in [0.29, 0.717) is 30.8 Å². The van der Waals surface area contributed by atoms with E-state index in [4.69, 9.17) is 0 Å². The highest BCUT2D eigenvalue weighted by atomic mass is 32.2. The molecule has 6 nitrogen and oxygen atoms in total. The van der Waals surface area contributed by atoms with Gasteiger partial charge in [0.1, 0.15) is 0 Å². The van der Waals surface area contributed by atoms with Gasteiger partial charge in [0, 0.05) is 24.3 Å². The van der Waals surface area contributed by atoms with Gasteiger partial charge >= 0.3 is 0 Å². The Bertz CT molecular complexity index is 1190. The third-order valence-electron chi connectivity index (χ3n) is 6.17. The number of aryl methyl sites for hydroxylation is 1. The van der Waals surface area contributed by atoms with Crippen molar-refractivity contribution in [2.24, 2.45) is 0 Å². The zero-order valence-corrected chi connectivity index (χ0v) is 19.9. The summed E-state index contributed by atoms with van der Waals surface area (Å²) in [6.07, 6.45) is 3.64. The average Bonchev–Trinajstić information content (AvgIpc) is 2.89. The van der Waals surface area contributed by atoms with E-state index in [2.05, 4.69) is 5.32 Å². The molecule has 0 bridgehead atoms. The number of hydrogen-bond donors (Lipinski definition) is 2. The van der Waals surface area contributed by atoms with Gasteiger partial charge in [-0.2, -0.15) is 4.31 Å². The van der Waals surface area contributed by atoms with Gasteiger partial charge in [-0.1, -0.05) is 48.9 Å². The fourth-order valence-electron chi connectivity index (χ4n) is 4.14. The van der Waals surface area contributed by atoms with Crippen LogP contribution in [0.25, 0.3) is 0 Å². The van der Waals surface area contributed by atoms with Crippen LogP contribution in [0, 0.1) is 0 Å². The number of amides is 1. The molecule has 1 heterocycles. The largest absolute Gasteiger partial charge is 0.388 e. The molecule has 34 heavy (non-hydrogen) atoms. The second-order valence-electron chi connectivity index (χ2n) is 8.61. The van der Waals surface area contributed by atoms with Crippen molar-refractivity contribution in [1.82, 2.24) is 4.31 Å². The molecular weight excluding hydrogens is 448 g/mol. The molecule has 1 unspecified atom stereocenters. The Morgan fingerprint density at radius 3 is 2.18 bits per heavy atom. The van der Waals surface area contributed by atoms with Crippen LogP contribution in [-0.2, 0) is 16.4 Å². The number of anilines is 1. The Kier molecular flexibility index (Phi) is 7.77. The predicted molar refractivity (Wildman–Crippen MR) is 133 cm³/mol. The smallest absolute Gasteiger partial charge is 0.255 e. The summed E-state index contributed by atoms with van der Waals surface area (Å²) < 4.78 is 27.1. The molecule has 1 atom stereocenters. The standard InChI is InChI=1S/C27H30N2O4S/c30-26(22-7-3-1-4-8-22)18-11-21-9-14-24(15-10-21)28-27(31)23-12-16-25(17-13-23)34(32,33)29-19-5-2-6-20-29/h1,3-4,7-10,12-17,26,30H,2,5-6,11,18-20H2,(H,28,31). The number of carbonyl (C=O) groups excluding carboxylic acids is 1. The van der Waals surface area contributed by atoms with E-state index in [1.54, 1.807) is 12.1 Å². The SMILES string of the molecule is O=C(Nc1ccc(CCC(O)c2ccccc2)cc1)c1ccc(S(=O)(=O)N2CCCCC2)cc1. The molecule has 0 spiro atoms. The van der Waals surface area contributed by atoms with Crippen molar-refractivity contribution in [3.05, 3.63) is 95.6 Å². The minimum absolute atomic E-state index is 0.216. The lowest BCUT2D eigenvalue weighted by molar-refractivity contribution is 0.102. The van der Waals surface area contributed by atoms with Crippen molar-refractivity contribution in [3.8, 4) is 0 Å². The zero-order valence-electron chi connectivity index (χ0n) is 19.1. The van der Waals surface area contributed by atoms with Crippen molar-refractivity contribution in [2.45, 2.75) is 43.1 Å². The van der Waals surface area contributed by atoms with E-state index in [-0.39, 0.29) is 10.8 Å². The van der Waals surface area contributed by atoms with Crippen LogP contribution in [-0.4, -0.2) is 36.8 Å². The maximum atomic E-state index is 12.8. The molecule has 2 N–H and O–H groups in total. The van der Waals surface area contributed by atoms with Gasteiger partial charge in [0.05, 0.1) is 11.0 Å². The van der Waals surface area contributed by atoms with Gasteiger partial charge in [-0.3, -0.25) is 4.79 Å². The van der Waals surface area contributed by atoms with Gasteiger partial charge in [0.2, 0.25) is 10.0 Å². The normalized spacial score (nSPS) is 15.6. The molecule has 4 rings (SSSR count). The van der Waals surface area contributed by atoms with Crippen LogP contribution in [0.5, 0.6) is 0 Å². The van der Waals surface area contributed by atoms with Gasteiger partial charge < -0.3 is 10.4 Å². The van der Waals surface area contributed by atoms with Gasteiger partial charge in [-0.15, -0.1) is 0 Å². The highest BCUT2D eigenvalue weighted by Crippen LogP contribution is 2.22. The Morgan fingerprint density at radius 2 is 1.53 bits per heavy atom. The lowest BCUT2D eigenvalue weighted by Gasteiger charge is -2.25. The van der Waals surface area contributed by atoms with Crippen LogP contribution in [0.2, 0.25) is 0 Å². The Balaban J connectivity index is 1.32. The van der Waals surface area contributed by atoms with Gasteiger partial charge in [-0.05, 0) is 73.2 Å².